The molecule has 2 nitrogen and oxygen atoms in total. The molecule has 1 aromatic rings. The van der Waals surface area contributed by atoms with Crippen molar-refractivity contribution >= 4 is 10.8 Å². The molecule has 94 valence electrons. The Bertz CT molecular complexity index is 366. The average molecular weight is 251 g/mol. The highest BCUT2D eigenvalue weighted by Crippen LogP contribution is 2.15. The van der Waals surface area contributed by atoms with E-state index in [2.05, 4.69) is 11.8 Å². The van der Waals surface area contributed by atoms with Crippen molar-refractivity contribution < 1.29 is 4.21 Å². The molecule has 0 amide bonds. The standard InChI is InChI=1S/C14H21NOS/c1-13-6-5-9-15(12-13)10-11-17(16)14-7-3-2-4-8-14/h2-4,7-8,13H,5-6,9-12H2,1H3. The molecule has 2 unspecified atom stereocenters. The molecule has 0 saturated carbocycles. The summed E-state index contributed by atoms with van der Waals surface area (Å²) >= 11 is 0. The van der Waals surface area contributed by atoms with Gasteiger partial charge in [0.2, 0.25) is 0 Å². The van der Waals surface area contributed by atoms with Gasteiger partial charge in [0, 0.05) is 23.7 Å². The van der Waals surface area contributed by atoms with E-state index in [0.717, 1.165) is 23.1 Å². The van der Waals surface area contributed by atoms with Gasteiger partial charge in [-0.25, -0.2) is 0 Å². The van der Waals surface area contributed by atoms with Crippen LogP contribution < -0.4 is 0 Å². The number of hydrogen-bond acceptors (Lipinski definition) is 2. The normalized spacial score (nSPS) is 23.5. The fourth-order valence-electron chi connectivity index (χ4n) is 2.39. The first-order valence-electron chi connectivity index (χ1n) is 6.41. The van der Waals surface area contributed by atoms with Gasteiger partial charge in [-0.1, -0.05) is 25.1 Å². The van der Waals surface area contributed by atoms with Gasteiger partial charge in [0.05, 0.1) is 10.8 Å². The van der Waals surface area contributed by atoms with Gasteiger partial charge in [0.1, 0.15) is 0 Å². The molecule has 2 atom stereocenters. The molecule has 0 N–H and O–H groups in total. The van der Waals surface area contributed by atoms with Crippen LogP contribution in [0.5, 0.6) is 0 Å². The minimum atomic E-state index is -0.838. The van der Waals surface area contributed by atoms with Gasteiger partial charge in [0.25, 0.3) is 0 Å². The summed E-state index contributed by atoms with van der Waals surface area (Å²) in [6.07, 6.45) is 2.64. The van der Waals surface area contributed by atoms with Crippen LogP contribution in [0.1, 0.15) is 19.8 Å². The van der Waals surface area contributed by atoms with E-state index in [1.54, 1.807) is 0 Å². The molecular weight excluding hydrogens is 230 g/mol. The van der Waals surface area contributed by atoms with Crippen molar-refractivity contribution in [2.24, 2.45) is 5.92 Å². The minimum Gasteiger partial charge on any atom is -0.302 e. The van der Waals surface area contributed by atoms with Crippen molar-refractivity contribution in [1.29, 1.82) is 0 Å². The second-order valence-corrected chi connectivity index (χ2v) is 6.48. The van der Waals surface area contributed by atoms with Crippen molar-refractivity contribution in [3.05, 3.63) is 30.3 Å². The van der Waals surface area contributed by atoms with Crippen LogP contribution >= 0.6 is 0 Å². The topological polar surface area (TPSA) is 20.3 Å². The Labute approximate surface area is 106 Å². The first-order valence-corrected chi connectivity index (χ1v) is 7.73. The molecule has 1 aromatic carbocycles. The summed E-state index contributed by atoms with van der Waals surface area (Å²) in [6, 6.07) is 9.78. The molecule has 1 saturated heterocycles. The van der Waals surface area contributed by atoms with E-state index in [4.69, 9.17) is 0 Å². The predicted molar refractivity (Wildman–Crippen MR) is 72.6 cm³/mol. The van der Waals surface area contributed by atoms with Gasteiger partial charge in [0.15, 0.2) is 0 Å². The largest absolute Gasteiger partial charge is 0.302 e. The number of likely N-dealkylation sites (tertiary alicyclic amines) is 1. The maximum atomic E-state index is 12.1. The number of piperidine rings is 1. The zero-order valence-corrected chi connectivity index (χ0v) is 11.3. The van der Waals surface area contributed by atoms with Crippen LogP contribution in [0.15, 0.2) is 35.2 Å². The number of nitrogens with zero attached hydrogens (tertiary/aromatic N) is 1. The lowest BCUT2D eigenvalue weighted by atomic mass is 10.0. The number of rotatable bonds is 4. The average Bonchev–Trinajstić information content (AvgIpc) is 2.37. The zero-order chi connectivity index (χ0) is 12.1. The maximum absolute atomic E-state index is 12.1. The van der Waals surface area contributed by atoms with Gasteiger partial charge < -0.3 is 4.90 Å². The zero-order valence-electron chi connectivity index (χ0n) is 10.5. The van der Waals surface area contributed by atoms with Gasteiger partial charge in [-0.2, -0.15) is 0 Å². The van der Waals surface area contributed by atoms with Crippen molar-refractivity contribution in [2.45, 2.75) is 24.7 Å². The summed E-state index contributed by atoms with van der Waals surface area (Å²) in [6.45, 7) is 5.62. The van der Waals surface area contributed by atoms with Crippen LogP contribution in [-0.2, 0) is 10.8 Å². The highest BCUT2D eigenvalue weighted by Gasteiger charge is 2.16. The third kappa shape index (κ3) is 3.93. The van der Waals surface area contributed by atoms with Crippen molar-refractivity contribution in [3.8, 4) is 0 Å². The van der Waals surface area contributed by atoms with Crippen molar-refractivity contribution in [2.75, 3.05) is 25.4 Å². The molecule has 3 heteroatoms. The van der Waals surface area contributed by atoms with E-state index < -0.39 is 10.8 Å². The van der Waals surface area contributed by atoms with Crippen LogP contribution in [0.4, 0.5) is 0 Å². The van der Waals surface area contributed by atoms with Crippen LogP contribution in [0.3, 0.4) is 0 Å². The van der Waals surface area contributed by atoms with Crippen LogP contribution in [0.25, 0.3) is 0 Å². The highest BCUT2D eigenvalue weighted by molar-refractivity contribution is 7.85. The Kier molecular flexibility index (Phi) is 4.75. The van der Waals surface area contributed by atoms with E-state index in [9.17, 15) is 4.21 Å². The molecule has 1 fully saturated rings. The molecule has 0 aromatic heterocycles. The highest BCUT2D eigenvalue weighted by atomic mass is 32.2. The molecule has 0 spiro atoms. The molecule has 1 heterocycles. The quantitative estimate of drug-likeness (QED) is 0.819. The van der Waals surface area contributed by atoms with Gasteiger partial charge in [-0.3, -0.25) is 4.21 Å². The summed E-state index contributed by atoms with van der Waals surface area (Å²) in [5.74, 6) is 1.56. The molecule has 2 rings (SSSR count). The lowest BCUT2D eigenvalue weighted by Crippen LogP contribution is -2.36. The van der Waals surface area contributed by atoms with E-state index >= 15 is 0 Å². The molecule has 1 aliphatic heterocycles. The van der Waals surface area contributed by atoms with Gasteiger partial charge >= 0.3 is 0 Å². The maximum Gasteiger partial charge on any atom is 0.0542 e. The van der Waals surface area contributed by atoms with Crippen LogP contribution in [0.2, 0.25) is 0 Å². The monoisotopic (exact) mass is 251 g/mol. The summed E-state index contributed by atoms with van der Waals surface area (Å²) < 4.78 is 12.1. The summed E-state index contributed by atoms with van der Waals surface area (Å²) in [4.78, 5) is 3.41. The third-order valence-electron chi connectivity index (χ3n) is 3.34. The third-order valence-corrected chi connectivity index (χ3v) is 4.69. The molecule has 0 radical (unpaired) electrons. The van der Waals surface area contributed by atoms with E-state index in [1.807, 2.05) is 30.3 Å². The Morgan fingerprint density at radius 1 is 1.35 bits per heavy atom. The molecule has 1 aliphatic rings. The Balaban J connectivity index is 1.80. The fourth-order valence-corrected chi connectivity index (χ4v) is 3.51. The smallest absolute Gasteiger partial charge is 0.0542 e. The van der Waals surface area contributed by atoms with Crippen molar-refractivity contribution in [3.63, 3.8) is 0 Å². The number of benzene rings is 1. The minimum absolute atomic E-state index is 0.761. The Morgan fingerprint density at radius 3 is 2.82 bits per heavy atom. The van der Waals surface area contributed by atoms with E-state index in [-0.39, 0.29) is 0 Å². The lowest BCUT2D eigenvalue weighted by Gasteiger charge is -2.30. The summed E-state index contributed by atoms with van der Waals surface area (Å²) in [5, 5.41) is 0. The first-order chi connectivity index (χ1) is 8.25. The van der Waals surface area contributed by atoms with Crippen molar-refractivity contribution in [1.82, 2.24) is 4.90 Å². The summed E-state index contributed by atoms with van der Waals surface area (Å²) in [7, 11) is -0.838. The van der Waals surface area contributed by atoms with Crippen LogP contribution in [0, 0.1) is 5.92 Å². The van der Waals surface area contributed by atoms with E-state index in [0.29, 0.717) is 0 Å². The fraction of sp³-hybridized carbons (Fsp3) is 0.571. The van der Waals surface area contributed by atoms with E-state index in [1.165, 1.54) is 25.9 Å². The van der Waals surface area contributed by atoms with Gasteiger partial charge in [-0.05, 0) is 37.4 Å². The second-order valence-electron chi connectivity index (χ2n) is 4.91. The molecule has 0 aliphatic carbocycles. The summed E-state index contributed by atoms with van der Waals surface area (Å²) in [5.41, 5.74) is 0. The predicted octanol–water partition coefficient (Wildman–Crippen LogP) is 2.53. The Morgan fingerprint density at radius 2 is 2.12 bits per heavy atom. The SMILES string of the molecule is CC1CCCN(CCS(=O)c2ccccc2)C1. The Hall–Kier alpha value is -0.670. The lowest BCUT2D eigenvalue weighted by molar-refractivity contribution is 0.194. The van der Waals surface area contributed by atoms with Gasteiger partial charge in [-0.15, -0.1) is 0 Å². The first kappa shape index (κ1) is 12.8. The second kappa shape index (κ2) is 6.31. The number of hydrogen-bond donors (Lipinski definition) is 0. The molecule has 17 heavy (non-hydrogen) atoms. The molecule has 0 bridgehead atoms. The molecular formula is C14H21NOS. The van der Waals surface area contributed by atoms with Crippen LogP contribution in [-0.4, -0.2) is 34.5 Å².